The Kier molecular flexibility index (Phi) is 5.40. The molecule has 7 heteroatoms. The van der Waals surface area contributed by atoms with Crippen LogP contribution < -0.4 is 5.32 Å². The maximum absolute atomic E-state index is 12.7. The second-order valence-electron chi connectivity index (χ2n) is 5.81. The van der Waals surface area contributed by atoms with Crippen molar-refractivity contribution in [2.45, 2.75) is 25.8 Å². The SMILES string of the molecule is C[C@H](CCc1ccccc1)NC(=O)c1cc(Cl)ccc1-n1cnnn1. The van der Waals surface area contributed by atoms with E-state index in [1.165, 1.54) is 16.6 Å². The lowest BCUT2D eigenvalue weighted by Gasteiger charge is -2.16. The lowest BCUT2D eigenvalue weighted by atomic mass is 10.1. The molecule has 0 bridgehead atoms. The number of benzene rings is 2. The van der Waals surface area contributed by atoms with Crippen LogP contribution in [0.4, 0.5) is 0 Å². The number of carbonyl (C=O) groups is 1. The van der Waals surface area contributed by atoms with Crippen molar-refractivity contribution in [3.8, 4) is 5.69 Å². The third-order valence-corrected chi connectivity index (χ3v) is 4.12. The van der Waals surface area contributed by atoms with E-state index in [-0.39, 0.29) is 11.9 Å². The number of hydrogen-bond acceptors (Lipinski definition) is 4. The highest BCUT2D eigenvalue weighted by molar-refractivity contribution is 6.31. The quantitative estimate of drug-likeness (QED) is 0.737. The Morgan fingerprint density at radius 3 is 2.76 bits per heavy atom. The summed E-state index contributed by atoms with van der Waals surface area (Å²) in [4.78, 5) is 12.7. The number of aromatic nitrogens is 4. The Hall–Kier alpha value is -2.73. The molecule has 0 radical (unpaired) electrons. The largest absolute Gasteiger partial charge is 0.350 e. The van der Waals surface area contributed by atoms with E-state index in [1.807, 2.05) is 25.1 Å². The van der Waals surface area contributed by atoms with Crippen LogP contribution in [0.25, 0.3) is 5.69 Å². The Balaban J connectivity index is 1.69. The summed E-state index contributed by atoms with van der Waals surface area (Å²) in [5.74, 6) is -0.200. The van der Waals surface area contributed by atoms with Crippen LogP contribution >= 0.6 is 11.6 Å². The molecule has 0 fully saturated rings. The Morgan fingerprint density at radius 2 is 2.04 bits per heavy atom. The molecule has 0 saturated carbocycles. The standard InChI is InChI=1S/C18H18ClN5O/c1-13(7-8-14-5-3-2-4-6-14)21-18(25)16-11-15(19)9-10-17(16)24-12-20-22-23-24/h2-6,9-13H,7-8H2,1H3,(H,21,25)/t13-/m1/s1. The van der Waals surface area contributed by atoms with Crippen molar-refractivity contribution < 1.29 is 4.79 Å². The first kappa shape index (κ1) is 17.1. The van der Waals surface area contributed by atoms with Crippen molar-refractivity contribution in [1.29, 1.82) is 0 Å². The molecule has 0 aliphatic rings. The highest BCUT2D eigenvalue weighted by Gasteiger charge is 2.16. The molecule has 1 N–H and O–H groups in total. The van der Waals surface area contributed by atoms with E-state index < -0.39 is 0 Å². The van der Waals surface area contributed by atoms with Gasteiger partial charge >= 0.3 is 0 Å². The topological polar surface area (TPSA) is 72.7 Å². The van der Waals surface area contributed by atoms with Gasteiger partial charge in [0, 0.05) is 11.1 Å². The van der Waals surface area contributed by atoms with Gasteiger partial charge in [-0.1, -0.05) is 41.9 Å². The van der Waals surface area contributed by atoms with Gasteiger partial charge in [0.15, 0.2) is 0 Å². The van der Waals surface area contributed by atoms with Crippen molar-refractivity contribution in [3.05, 3.63) is 71.0 Å². The molecule has 1 heterocycles. The van der Waals surface area contributed by atoms with Crippen LogP contribution in [0.15, 0.2) is 54.9 Å². The summed E-state index contributed by atoms with van der Waals surface area (Å²) >= 11 is 6.06. The maximum atomic E-state index is 12.7. The Morgan fingerprint density at radius 1 is 1.24 bits per heavy atom. The molecule has 0 spiro atoms. The van der Waals surface area contributed by atoms with Gasteiger partial charge < -0.3 is 5.32 Å². The zero-order chi connectivity index (χ0) is 17.6. The maximum Gasteiger partial charge on any atom is 0.253 e. The van der Waals surface area contributed by atoms with Gasteiger partial charge in [0.05, 0.1) is 11.3 Å². The molecule has 25 heavy (non-hydrogen) atoms. The minimum absolute atomic E-state index is 0.0217. The lowest BCUT2D eigenvalue weighted by molar-refractivity contribution is 0.0938. The number of nitrogens with zero attached hydrogens (tertiary/aromatic N) is 4. The highest BCUT2D eigenvalue weighted by atomic mass is 35.5. The molecule has 1 amide bonds. The normalized spacial score (nSPS) is 11.9. The van der Waals surface area contributed by atoms with E-state index in [0.717, 1.165) is 12.8 Å². The van der Waals surface area contributed by atoms with E-state index in [1.54, 1.807) is 18.2 Å². The van der Waals surface area contributed by atoms with E-state index in [4.69, 9.17) is 11.6 Å². The van der Waals surface area contributed by atoms with Crippen LogP contribution in [0.5, 0.6) is 0 Å². The number of aryl methyl sites for hydroxylation is 1. The number of tetrazole rings is 1. The average Bonchev–Trinajstić information content (AvgIpc) is 3.15. The molecule has 0 aliphatic heterocycles. The number of nitrogens with one attached hydrogen (secondary N) is 1. The van der Waals surface area contributed by atoms with Crippen molar-refractivity contribution in [2.75, 3.05) is 0 Å². The van der Waals surface area contributed by atoms with Gasteiger partial charge in [0.25, 0.3) is 5.91 Å². The van der Waals surface area contributed by atoms with Gasteiger partial charge in [-0.15, -0.1) is 5.10 Å². The molecule has 2 aromatic carbocycles. The third kappa shape index (κ3) is 4.42. The second-order valence-corrected chi connectivity index (χ2v) is 6.25. The summed E-state index contributed by atoms with van der Waals surface area (Å²) in [7, 11) is 0. The molecule has 3 aromatic rings. The molecule has 0 saturated heterocycles. The fourth-order valence-corrected chi connectivity index (χ4v) is 2.74. The molecular weight excluding hydrogens is 338 g/mol. The van der Waals surface area contributed by atoms with Crippen LogP contribution in [0.2, 0.25) is 5.02 Å². The smallest absolute Gasteiger partial charge is 0.253 e. The minimum atomic E-state index is -0.200. The highest BCUT2D eigenvalue weighted by Crippen LogP contribution is 2.19. The van der Waals surface area contributed by atoms with Gasteiger partial charge in [0.1, 0.15) is 6.33 Å². The summed E-state index contributed by atoms with van der Waals surface area (Å²) < 4.78 is 1.44. The van der Waals surface area contributed by atoms with Gasteiger partial charge in [-0.3, -0.25) is 4.79 Å². The summed E-state index contributed by atoms with van der Waals surface area (Å²) in [6.45, 7) is 1.99. The molecule has 0 aliphatic carbocycles. The summed E-state index contributed by atoms with van der Waals surface area (Å²) in [5.41, 5.74) is 2.27. The molecule has 0 unspecified atom stereocenters. The molecular formula is C18H18ClN5O. The average molecular weight is 356 g/mol. The van der Waals surface area contributed by atoms with E-state index in [0.29, 0.717) is 16.3 Å². The van der Waals surface area contributed by atoms with Crippen LogP contribution in [0, 0.1) is 0 Å². The Bertz CT molecular complexity index is 836. The van der Waals surface area contributed by atoms with E-state index >= 15 is 0 Å². The zero-order valence-electron chi connectivity index (χ0n) is 13.8. The van der Waals surface area contributed by atoms with Crippen LogP contribution in [-0.4, -0.2) is 32.2 Å². The first-order valence-electron chi connectivity index (χ1n) is 8.01. The molecule has 1 aromatic heterocycles. The molecule has 3 rings (SSSR count). The fourth-order valence-electron chi connectivity index (χ4n) is 2.56. The molecule has 6 nitrogen and oxygen atoms in total. The molecule has 128 valence electrons. The number of halogens is 1. The van der Waals surface area contributed by atoms with Crippen molar-refractivity contribution >= 4 is 17.5 Å². The third-order valence-electron chi connectivity index (χ3n) is 3.89. The predicted octanol–water partition coefficient (Wildman–Crippen LogP) is 3.07. The number of hydrogen-bond donors (Lipinski definition) is 1. The minimum Gasteiger partial charge on any atom is -0.350 e. The van der Waals surface area contributed by atoms with Gasteiger partial charge in [-0.2, -0.15) is 4.68 Å². The van der Waals surface area contributed by atoms with Crippen LogP contribution in [-0.2, 0) is 6.42 Å². The van der Waals surface area contributed by atoms with Crippen molar-refractivity contribution in [1.82, 2.24) is 25.5 Å². The summed E-state index contributed by atoms with van der Waals surface area (Å²) in [6, 6.07) is 15.3. The molecule has 1 atom stereocenters. The van der Waals surface area contributed by atoms with Gasteiger partial charge in [-0.25, -0.2) is 0 Å². The van der Waals surface area contributed by atoms with Crippen molar-refractivity contribution in [2.24, 2.45) is 0 Å². The number of carbonyl (C=O) groups excluding carboxylic acids is 1. The lowest BCUT2D eigenvalue weighted by Crippen LogP contribution is -2.33. The first-order valence-corrected chi connectivity index (χ1v) is 8.39. The zero-order valence-corrected chi connectivity index (χ0v) is 14.5. The van der Waals surface area contributed by atoms with Gasteiger partial charge in [0.2, 0.25) is 0 Å². The first-order chi connectivity index (χ1) is 12.1. The Labute approximate surface area is 150 Å². The van der Waals surface area contributed by atoms with Crippen molar-refractivity contribution in [3.63, 3.8) is 0 Å². The predicted molar refractivity (Wildman–Crippen MR) is 95.9 cm³/mol. The fraction of sp³-hybridized carbons (Fsp3) is 0.222. The van der Waals surface area contributed by atoms with E-state index in [2.05, 4.69) is 33.0 Å². The summed E-state index contributed by atoms with van der Waals surface area (Å²) in [5, 5.41) is 14.6. The second kappa shape index (κ2) is 7.90. The number of amides is 1. The van der Waals surface area contributed by atoms with E-state index in [9.17, 15) is 4.79 Å². The van der Waals surface area contributed by atoms with Crippen LogP contribution in [0.3, 0.4) is 0 Å². The van der Waals surface area contributed by atoms with Gasteiger partial charge in [-0.05, 0) is 54.0 Å². The monoisotopic (exact) mass is 355 g/mol. The number of rotatable bonds is 6. The van der Waals surface area contributed by atoms with Crippen LogP contribution in [0.1, 0.15) is 29.3 Å². The summed E-state index contributed by atoms with van der Waals surface area (Å²) in [6.07, 6.45) is 3.19.